The van der Waals surface area contributed by atoms with Crippen LogP contribution in [0.5, 0.6) is 0 Å². The van der Waals surface area contributed by atoms with Gasteiger partial charge in [-0.15, -0.1) is 11.3 Å². The number of rotatable bonds is 2. The van der Waals surface area contributed by atoms with Gasteiger partial charge in [-0.1, -0.05) is 0 Å². The van der Waals surface area contributed by atoms with Crippen LogP contribution in [-0.4, -0.2) is 20.5 Å². The SMILES string of the molecule is Cc1nc2sccn2c1C(C)C(=O)O. The van der Waals surface area contributed by atoms with Crippen LogP contribution in [0.25, 0.3) is 4.96 Å². The number of nitrogens with zero attached hydrogens (tertiary/aromatic N) is 2. The molecule has 0 aromatic carbocycles. The van der Waals surface area contributed by atoms with Gasteiger partial charge in [-0.05, 0) is 13.8 Å². The first-order valence-electron chi connectivity index (χ1n) is 4.26. The maximum Gasteiger partial charge on any atom is 0.312 e. The van der Waals surface area contributed by atoms with Gasteiger partial charge in [0.1, 0.15) is 0 Å². The molecule has 0 spiro atoms. The molecule has 0 aliphatic carbocycles. The zero-order chi connectivity index (χ0) is 10.3. The van der Waals surface area contributed by atoms with Gasteiger partial charge in [0.2, 0.25) is 0 Å². The number of thiazole rings is 1. The van der Waals surface area contributed by atoms with Crippen LogP contribution in [0.2, 0.25) is 0 Å². The second kappa shape index (κ2) is 3.09. The number of hydrogen-bond donors (Lipinski definition) is 1. The Morgan fingerprint density at radius 3 is 3.07 bits per heavy atom. The summed E-state index contributed by atoms with van der Waals surface area (Å²) >= 11 is 1.51. The number of fused-ring (bicyclic) bond motifs is 1. The highest BCUT2D eigenvalue weighted by molar-refractivity contribution is 7.15. The lowest BCUT2D eigenvalue weighted by Crippen LogP contribution is -2.10. The highest BCUT2D eigenvalue weighted by Crippen LogP contribution is 2.23. The summed E-state index contributed by atoms with van der Waals surface area (Å²) in [6.45, 7) is 3.52. The summed E-state index contributed by atoms with van der Waals surface area (Å²) in [5.41, 5.74) is 1.57. The van der Waals surface area contributed by atoms with Crippen molar-refractivity contribution in [3.05, 3.63) is 23.0 Å². The van der Waals surface area contributed by atoms with E-state index in [1.54, 1.807) is 6.92 Å². The number of carboxylic acids is 1. The van der Waals surface area contributed by atoms with E-state index in [0.29, 0.717) is 0 Å². The molecule has 14 heavy (non-hydrogen) atoms. The van der Waals surface area contributed by atoms with Crippen molar-refractivity contribution in [3.63, 3.8) is 0 Å². The van der Waals surface area contributed by atoms with E-state index in [9.17, 15) is 4.79 Å². The molecule has 2 rings (SSSR count). The van der Waals surface area contributed by atoms with Gasteiger partial charge in [0.25, 0.3) is 0 Å². The number of carbonyl (C=O) groups is 1. The molecule has 2 aromatic rings. The fraction of sp³-hybridized carbons (Fsp3) is 0.333. The minimum Gasteiger partial charge on any atom is -0.481 e. The van der Waals surface area contributed by atoms with Crippen LogP contribution in [0.4, 0.5) is 0 Å². The van der Waals surface area contributed by atoms with Crippen molar-refractivity contribution in [2.75, 3.05) is 0 Å². The molecular weight excluding hydrogens is 200 g/mol. The van der Waals surface area contributed by atoms with Gasteiger partial charge < -0.3 is 5.11 Å². The van der Waals surface area contributed by atoms with Crippen molar-refractivity contribution in [1.82, 2.24) is 9.38 Å². The van der Waals surface area contributed by atoms with E-state index in [2.05, 4.69) is 4.98 Å². The quantitative estimate of drug-likeness (QED) is 0.823. The predicted molar refractivity (Wildman–Crippen MR) is 53.9 cm³/mol. The smallest absolute Gasteiger partial charge is 0.312 e. The van der Waals surface area contributed by atoms with Crippen LogP contribution >= 0.6 is 11.3 Å². The number of aromatic nitrogens is 2. The van der Waals surface area contributed by atoms with Crippen LogP contribution in [0.15, 0.2) is 11.6 Å². The molecule has 1 unspecified atom stereocenters. The predicted octanol–water partition coefficient (Wildman–Crippen LogP) is 1.89. The van der Waals surface area contributed by atoms with Crippen LogP contribution in [-0.2, 0) is 4.79 Å². The average molecular weight is 210 g/mol. The lowest BCUT2D eigenvalue weighted by Gasteiger charge is -2.05. The van der Waals surface area contributed by atoms with Crippen LogP contribution in [0.1, 0.15) is 24.2 Å². The number of hydrogen-bond acceptors (Lipinski definition) is 3. The maximum absolute atomic E-state index is 10.9. The largest absolute Gasteiger partial charge is 0.481 e. The number of carboxylic acid groups (broad SMARTS) is 1. The summed E-state index contributed by atoms with van der Waals surface area (Å²) in [6, 6.07) is 0. The Hall–Kier alpha value is -1.36. The molecule has 0 saturated heterocycles. The fourth-order valence-electron chi connectivity index (χ4n) is 1.55. The van der Waals surface area contributed by atoms with Crippen LogP contribution < -0.4 is 0 Å². The zero-order valence-electron chi connectivity index (χ0n) is 7.89. The van der Waals surface area contributed by atoms with E-state index >= 15 is 0 Å². The highest BCUT2D eigenvalue weighted by Gasteiger charge is 2.21. The Morgan fingerprint density at radius 1 is 1.71 bits per heavy atom. The highest BCUT2D eigenvalue weighted by atomic mass is 32.1. The van der Waals surface area contributed by atoms with Gasteiger partial charge in [-0.25, -0.2) is 4.98 Å². The van der Waals surface area contributed by atoms with E-state index in [1.807, 2.05) is 22.9 Å². The molecule has 1 N–H and O–H groups in total. The Bertz CT molecular complexity index is 486. The summed E-state index contributed by atoms with van der Waals surface area (Å²) < 4.78 is 1.85. The van der Waals surface area contributed by atoms with E-state index in [4.69, 9.17) is 5.11 Å². The molecule has 1 atom stereocenters. The van der Waals surface area contributed by atoms with Gasteiger partial charge in [-0.2, -0.15) is 0 Å². The van der Waals surface area contributed by atoms with Gasteiger partial charge in [0, 0.05) is 11.6 Å². The molecule has 4 nitrogen and oxygen atoms in total. The van der Waals surface area contributed by atoms with E-state index < -0.39 is 11.9 Å². The van der Waals surface area contributed by atoms with E-state index in [1.165, 1.54) is 11.3 Å². The summed E-state index contributed by atoms with van der Waals surface area (Å²) in [5.74, 6) is -1.33. The Morgan fingerprint density at radius 2 is 2.43 bits per heavy atom. The van der Waals surface area contributed by atoms with Gasteiger partial charge >= 0.3 is 5.97 Å². The summed E-state index contributed by atoms with van der Waals surface area (Å²) in [6.07, 6.45) is 1.86. The molecule has 0 saturated carbocycles. The third-order valence-corrected chi connectivity index (χ3v) is 3.02. The number of imidazole rings is 1. The number of aliphatic carboxylic acids is 1. The van der Waals surface area contributed by atoms with Crippen LogP contribution in [0, 0.1) is 6.92 Å². The first kappa shape index (κ1) is 9.21. The lowest BCUT2D eigenvalue weighted by molar-refractivity contribution is -0.138. The van der Waals surface area contributed by atoms with Crippen molar-refractivity contribution >= 4 is 22.3 Å². The summed E-state index contributed by atoms with van der Waals surface area (Å²) in [4.78, 5) is 16.0. The van der Waals surface area contributed by atoms with E-state index in [0.717, 1.165) is 16.3 Å². The minimum atomic E-state index is -0.818. The molecular formula is C9H10N2O2S. The van der Waals surface area contributed by atoms with Crippen molar-refractivity contribution in [2.45, 2.75) is 19.8 Å². The fourth-order valence-corrected chi connectivity index (χ4v) is 2.32. The van der Waals surface area contributed by atoms with Crippen molar-refractivity contribution in [1.29, 1.82) is 0 Å². The normalized spacial score (nSPS) is 13.3. The second-order valence-electron chi connectivity index (χ2n) is 3.20. The lowest BCUT2D eigenvalue weighted by atomic mass is 10.1. The summed E-state index contributed by atoms with van der Waals surface area (Å²) in [5, 5.41) is 10.8. The van der Waals surface area contributed by atoms with Gasteiger partial charge in [0.15, 0.2) is 4.96 Å². The summed E-state index contributed by atoms with van der Waals surface area (Å²) in [7, 11) is 0. The second-order valence-corrected chi connectivity index (χ2v) is 4.07. The standard InChI is InChI=1S/C9H10N2O2S/c1-5(8(12)13)7-6(2)10-9-11(7)3-4-14-9/h3-5H,1-2H3,(H,12,13). The zero-order valence-corrected chi connectivity index (χ0v) is 8.71. The minimum absolute atomic E-state index is 0.514. The topological polar surface area (TPSA) is 54.6 Å². The maximum atomic E-state index is 10.9. The first-order valence-corrected chi connectivity index (χ1v) is 5.14. The average Bonchev–Trinajstić information content (AvgIpc) is 2.62. The molecule has 0 bridgehead atoms. The molecule has 0 fully saturated rings. The number of aryl methyl sites for hydroxylation is 1. The molecule has 2 aromatic heterocycles. The van der Waals surface area contributed by atoms with Gasteiger partial charge in [-0.3, -0.25) is 9.20 Å². The Kier molecular flexibility index (Phi) is 2.03. The third kappa shape index (κ3) is 1.21. The van der Waals surface area contributed by atoms with E-state index in [-0.39, 0.29) is 0 Å². The Balaban J connectivity index is 2.64. The molecule has 0 radical (unpaired) electrons. The molecule has 0 aliphatic heterocycles. The Labute approximate surface area is 84.8 Å². The molecule has 5 heteroatoms. The monoisotopic (exact) mass is 210 g/mol. The van der Waals surface area contributed by atoms with Gasteiger partial charge in [0.05, 0.1) is 17.3 Å². The van der Waals surface area contributed by atoms with Crippen molar-refractivity contribution in [3.8, 4) is 0 Å². The molecule has 2 heterocycles. The molecule has 0 aliphatic rings. The first-order chi connectivity index (χ1) is 6.61. The molecule has 74 valence electrons. The third-order valence-electron chi connectivity index (χ3n) is 2.26. The molecule has 0 amide bonds. The van der Waals surface area contributed by atoms with Crippen LogP contribution in [0.3, 0.4) is 0 Å². The van der Waals surface area contributed by atoms with Crippen molar-refractivity contribution < 1.29 is 9.90 Å². The van der Waals surface area contributed by atoms with Crippen molar-refractivity contribution in [2.24, 2.45) is 0 Å².